The van der Waals surface area contributed by atoms with E-state index in [9.17, 15) is 4.79 Å². The summed E-state index contributed by atoms with van der Waals surface area (Å²) in [4.78, 5) is 14.2. The molecule has 1 atom stereocenters. The number of nitrogens with zero attached hydrogens (tertiary/aromatic N) is 1. The smallest absolute Gasteiger partial charge is 0.227 e. The molecule has 2 aliphatic rings. The van der Waals surface area contributed by atoms with E-state index in [-0.39, 0.29) is 12.0 Å². The van der Waals surface area contributed by atoms with Crippen molar-refractivity contribution in [1.82, 2.24) is 4.90 Å². The Morgan fingerprint density at radius 1 is 1.25 bits per heavy atom. The van der Waals surface area contributed by atoms with Crippen LogP contribution in [-0.4, -0.2) is 36.6 Å². The van der Waals surface area contributed by atoms with Crippen LogP contribution in [0.4, 0.5) is 0 Å². The Hall–Kier alpha value is -0.870. The fourth-order valence-corrected chi connectivity index (χ4v) is 2.80. The molecule has 0 radical (unpaired) electrons. The molecule has 0 spiro atoms. The average Bonchev–Trinajstić information content (AvgIpc) is 3.15. The Bertz CT molecular complexity index is 470. The highest BCUT2D eigenvalue weighted by molar-refractivity contribution is 9.10. The zero-order chi connectivity index (χ0) is 13.9. The maximum Gasteiger partial charge on any atom is 0.227 e. The summed E-state index contributed by atoms with van der Waals surface area (Å²) in [6, 6.07) is 7.96. The highest BCUT2D eigenvalue weighted by atomic mass is 79.9. The maximum atomic E-state index is 12.3. The first kappa shape index (κ1) is 14.1. The number of benzene rings is 1. The molecular formula is C16H20BrNO2. The van der Waals surface area contributed by atoms with Crippen molar-refractivity contribution in [2.45, 2.75) is 31.8 Å². The summed E-state index contributed by atoms with van der Waals surface area (Å²) < 4.78 is 6.92. The zero-order valence-corrected chi connectivity index (χ0v) is 13.1. The number of likely N-dealkylation sites (tertiary alicyclic amines) is 1. The third-order valence-electron chi connectivity index (χ3n) is 4.03. The Kier molecular flexibility index (Phi) is 4.41. The van der Waals surface area contributed by atoms with Crippen LogP contribution in [0.1, 0.15) is 24.8 Å². The topological polar surface area (TPSA) is 29.5 Å². The van der Waals surface area contributed by atoms with E-state index >= 15 is 0 Å². The monoisotopic (exact) mass is 337 g/mol. The van der Waals surface area contributed by atoms with Gasteiger partial charge < -0.3 is 9.64 Å². The maximum absolute atomic E-state index is 12.3. The molecule has 1 saturated carbocycles. The van der Waals surface area contributed by atoms with E-state index in [2.05, 4.69) is 15.9 Å². The van der Waals surface area contributed by atoms with Gasteiger partial charge in [-0.05, 0) is 42.9 Å². The molecule has 108 valence electrons. The number of carbonyl (C=O) groups is 1. The Balaban J connectivity index is 1.46. The van der Waals surface area contributed by atoms with Gasteiger partial charge in [-0.3, -0.25) is 4.79 Å². The number of hydrogen-bond acceptors (Lipinski definition) is 2. The molecule has 3 rings (SSSR count). The summed E-state index contributed by atoms with van der Waals surface area (Å²) in [6.45, 7) is 2.49. The third kappa shape index (κ3) is 3.83. The summed E-state index contributed by atoms with van der Waals surface area (Å²) in [6.07, 6.45) is 4.36. The van der Waals surface area contributed by atoms with Crippen molar-refractivity contribution >= 4 is 21.8 Å². The molecule has 1 saturated heterocycles. The lowest BCUT2D eigenvalue weighted by Gasteiger charge is -2.17. The molecular weight excluding hydrogens is 318 g/mol. The zero-order valence-electron chi connectivity index (χ0n) is 11.6. The third-order valence-corrected chi connectivity index (χ3v) is 4.56. The second kappa shape index (κ2) is 6.27. The van der Waals surface area contributed by atoms with Crippen molar-refractivity contribution in [2.75, 3.05) is 19.7 Å². The fraction of sp³-hybridized carbons (Fsp3) is 0.562. The molecule has 1 aliphatic carbocycles. The van der Waals surface area contributed by atoms with Crippen LogP contribution in [0.25, 0.3) is 0 Å². The lowest BCUT2D eigenvalue weighted by molar-refractivity contribution is -0.130. The minimum Gasteiger partial charge on any atom is -0.376 e. The summed E-state index contributed by atoms with van der Waals surface area (Å²) in [5, 5.41) is 0. The van der Waals surface area contributed by atoms with Gasteiger partial charge in [0.05, 0.1) is 12.5 Å². The van der Waals surface area contributed by atoms with Gasteiger partial charge in [0.1, 0.15) is 0 Å². The van der Waals surface area contributed by atoms with Crippen LogP contribution >= 0.6 is 15.9 Å². The predicted octanol–water partition coefficient (Wildman–Crippen LogP) is 3.02. The number of ether oxygens (including phenoxy) is 1. The van der Waals surface area contributed by atoms with Crippen LogP contribution in [0, 0.1) is 5.92 Å². The van der Waals surface area contributed by atoms with Crippen molar-refractivity contribution in [3.8, 4) is 0 Å². The largest absolute Gasteiger partial charge is 0.376 e. The van der Waals surface area contributed by atoms with E-state index in [1.165, 1.54) is 12.8 Å². The van der Waals surface area contributed by atoms with E-state index in [0.717, 1.165) is 42.1 Å². The lowest BCUT2D eigenvalue weighted by Crippen LogP contribution is -2.31. The molecule has 0 bridgehead atoms. The van der Waals surface area contributed by atoms with Crippen molar-refractivity contribution in [2.24, 2.45) is 5.92 Å². The summed E-state index contributed by atoms with van der Waals surface area (Å²) in [5.74, 6) is 1.01. The molecule has 2 fully saturated rings. The average molecular weight is 338 g/mol. The highest BCUT2D eigenvalue weighted by Crippen LogP contribution is 2.30. The van der Waals surface area contributed by atoms with Crippen LogP contribution in [0.15, 0.2) is 28.7 Å². The normalized spacial score (nSPS) is 22.2. The van der Waals surface area contributed by atoms with Gasteiger partial charge in [0, 0.05) is 24.2 Å². The second-order valence-electron chi connectivity index (χ2n) is 5.83. The van der Waals surface area contributed by atoms with Crippen LogP contribution < -0.4 is 0 Å². The van der Waals surface area contributed by atoms with E-state index in [0.29, 0.717) is 6.42 Å². The SMILES string of the molecule is O=C(Cc1ccc(Br)cc1)N1CC[C@H](OCC2CC2)C1. The molecule has 1 aliphatic heterocycles. The van der Waals surface area contributed by atoms with Crippen molar-refractivity contribution in [3.63, 3.8) is 0 Å². The lowest BCUT2D eigenvalue weighted by atomic mass is 10.1. The van der Waals surface area contributed by atoms with Gasteiger partial charge >= 0.3 is 0 Å². The molecule has 1 aromatic carbocycles. The minimum atomic E-state index is 0.213. The number of halogens is 1. The van der Waals surface area contributed by atoms with Gasteiger partial charge in [-0.25, -0.2) is 0 Å². The number of amides is 1. The Morgan fingerprint density at radius 2 is 2.00 bits per heavy atom. The molecule has 1 aromatic rings. The first-order valence-electron chi connectivity index (χ1n) is 7.34. The molecule has 1 amide bonds. The molecule has 0 aromatic heterocycles. The van der Waals surface area contributed by atoms with E-state index in [1.807, 2.05) is 29.2 Å². The molecule has 0 unspecified atom stereocenters. The van der Waals surface area contributed by atoms with Crippen LogP contribution in [0.3, 0.4) is 0 Å². The molecule has 0 N–H and O–H groups in total. The molecule has 20 heavy (non-hydrogen) atoms. The molecule has 4 heteroatoms. The number of carbonyl (C=O) groups excluding carboxylic acids is 1. The number of hydrogen-bond donors (Lipinski definition) is 0. The van der Waals surface area contributed by atoms with Crippen molar-refractivity contribution in [1.29, 1.82) is 0 Å². The summed E-state index contributed by atoms with van der Waals surface area (Å²) in [5.41, 5.74) is 1.07. The van der Waals surface area contributed by atoms with Gasteiger partial charge in [0.25, 0.3) is 0 Å². The van der Waals surface area contributed by atoms with E-state index in [4.69, 9.17) is 4.74 Å². The predicted molar refractivity (Wildman–Crippen MR) is 81.5 cm³/mol. The van der Waals surface area contributed by atoms with Gasteiger partial charge in [-0.15, -0.1) is 0 Å². The fourth-order valence-electron chi connectivity index (χ4n) is 2.54. The Labute approximate surface area is 128 Å². The van der Waals surface area contributed by atoms with Crippen molar-refractivity contribution in [3.05, 3.63) is 34.3 Å². The molecule has 3 nitrogen and oxygen atoms in total. The minimum absolute atomic E-state index is 0.213. The van der Waals surface area contributed by atoms with Crippen LogP contribution in [0.2, 0.25) is 0 Å². The first-order valence-corrected chi connectivity index (χ1v) is 8.14. The highest BCUT2D eigenvalue weighted by Gasteiger charge is 2.29. The van der Waals surface area contributed by atoms with Gasteiger partial charge in [-0.2, -0.15) is 0 Å². The van der Waals surface area contributed by atoms with Crippen LogP contribution in [-0.2, 0) is 16.0 Å². The van der Waals surface area contributed by atoms with Gasteiger partial charge in [-0.1, -0.05) is 28.1 Å². The quantitative estimate of drug-likeness (QED) is 0.826. The number of rotatable bonds is 5. The van der Waals surface area contributed by atoms with Gasteiger partial charge in [0.2, 0.25) is 5.91 Å². The summed E-state index contributed by atoms with van der Waals surface area (Å²) >= 11 is 3.41. The van der Waals surface area contributed by atoms with E-state index in [1.54, 1.807) is 0 Å². The summed E-state index contributed by atoms with van der Waals surface area (Å²) in [7, 11) is 0. The van der Waals surface area contributed by atoms with Crippen molar-refractivity contribution < 1.29 is 9.53 Å². The van der Waals surface area contributed by atoms with Crippen LogP contribution in [0.5, 0.6) is 0 Å². The van der Waals surface area contributed by atoms with Gasteiger partial charge in [0.15, 0.2) is 0 Å². The molecule has 1 heterocycles. The Morgan fingerprint density at radius 3 is 2.70 bits per heavy atom. The second-order valence-corrected chi connectivity index (χ2v) is 6.75. The standard InChI is InChI=1S/C16H20BrNO2/c17-14-5-3-12(4-6-14)9-16(19)18-8-7-15(10-18)20-11-13-1-2-13/h3-6,13,15H,1-2,7-11H2/t15-/m0/s1. The van der Waals surface area contributed by atoms with E-state index < -0.39 is 0 Å². The first-order chi connectivity index (χ1) is 9.70.